The SMILES string of the molecule is COC1CCN(c2ccc(C(=O)Nc3n[nH]c4cnc(-c5cnccc5C)cc34)cc2)CC1. The number of H-pyrrole nitrogens is 1. The van der Waals surface area contributed by atoms with Crippen LogP contribution in [0.2, 0.25) is 0 Å². The van der Waals surface area contributed by atoms with Crippen LogP contribution in [0.3, 0.4) is 0 Å². The second-order valence-corrected chi connectivity index (χ2v) is 8.30. The first-order valence-corrected chi connectivity index (χ1v) is 11.1. The van der Waals surface area contributed by atoms with Gasteiger partial charge in [-0.15, -0.1) is 0 Å². The average molecular weight is 443 g/mol. The number of ether oxygens (including phenoxy) is 1. The molecule has 33 heavy (non-hydrogen) atoms. The van der Waals surface area contributed by atoms with E-state index in [4.69, 9.17) is 4.74 Å². The van der Waals surface area contributed by atoms with Crippen LogP contribution < -0.4 is 10.2 Å². The Morgan fingerprint density at radius 1 is 1.15 bits per heavy atom. The molecule has 0 atom stereocenters. The van der Waals surface area contributed by atoms with Gasteiger partial charge in [-0.25, -0.2) is 0 Å². The van der Waals surface area contributed by atoms with Crippen molar-refractivity contribution in [2.75, 3.05) is 30.4 Å². The number of nitrogens with zero attached hydrogens (tertiary/aromatic N) is 4. The molecule has 4 aromatic rings. The standard InChI is InChI=1S/C25H26N6O2/c1-16-7-10-26-14-21(16)22-13-20-23(15-27-22)29-30-24(20)28-25(32)17-3-5-18(6-4-17)31-11-8-19(33-2)9-12-31/h3-7,10,13-15,19H,8-9,11-12H2,1-2H3,(H2,28,29,30,32). The number of methoxy groups -OCH3 is 1. The maximum absolute atomic E-state index is 12.9. The van der Waals surface area contributed by atoms with Crippen LogP contribution >= 0.6 is 0 Å². The zero-order chi connectivity index (χ0) is 22.8. The number of aromatic nitrogens is 4. The van der Waals surface area contributed by atoms with Gasteiger partial charge in [0, 0.05) is 54.8 Å². The maximum Gasteiger partial charge on any atom is 0.256 e. The Labute approximate surface area is 192 Å². The Kier molecular flexibility index (Phi) is 5.75. The van der Waals surface area contributed by atoms with Crippen molar-refractivity contribution in [2.45, 2.75) is 25.9 Å². The lowest BCUT2D eigenvalue weighted by molar-refractivity contribution is 0.0819. The number of amides is 1. The summed E-state index contributed by atoms with van der Waals surface area (Å²) in [5.74, 6) is 0.273. The van der Waals surface area contributed by atoms with Crippen LogP contribution in [0, 0.1) is 6.92 Å². The molecular weight excluding hydrogens is 416 g/mol. The van der Waals surface area contributed by atoms with Crippen LogP contribution in [0.1, 0.15) is 28.8 Å². The fraction of sp³-hybridized carbons (Fsp3) is 0.280. The third kappa shape index (κ3) is 4.29. The number of nitrogens with one attached hydrogen (secondary N) is 2. The fourth-order valence-electron chi connectivity index (χ4n) is 4.24. The minimum Gasteiger partial charge on any atom is -0.381 e. The van der Waals surface area contributed by atoms with Crippen molar-refractivity contribution in [3.63, 3.8) is 0 Å². The van der Waals surface area contributed by atoms with Gasteiger partial charge in [-0.3, -0.25) is 19.9 Å². The normalized spacial score (nSPS) is 14.5. The zero-order valence-corrected chi connectivity index (χ0v) is 18.7. The minimum absolute atomic E-state index is 0.205. The van der Waals surface area contributed by atoms with Crippen LogP contribution in [-0.2, 0) is 4.74 Å². The van der Waals surface area contributed by atoms with Crippen molar-refractivity contribution < 1.29 is 9.53 Å². The van der Waals surface area contributed by atoms with E-state index < -0.39 is 0 Å². The summed E-state index contributed by atoms with van der Waals surface area (Å²) in [5, 5.41) is 11.0. The Morgan fingerprint density at radius 3 is 2.67 bits per heavy atom. The van der Waals surface area contributed by atoms with E-state index in [0.29, 0.717) is 17.5 Å². The highest BCUT2D eigenvalue weighted by Gasteiger charge is 2.19. The van der Waals surface area contributed by atoms with Crippen molar-refractivity contribution in [1.29, 1.82) is 0 Å². The zero-order valence-electron chi connectivity index (χ0n) is 18.7. The van der Waals surface area contributed by atoms with Crippen molar-refractivity contribution >= 4 is 28.3 Å². The summed E-state index contributed by atoms with van der Waals surface area (Å²) in [6.45, 7) is 3.93. The third-order valence-electron chi connectivity index (χ3n) is 6.26. The molecule has 8 nitrogen and oxygen atoms in total. The van der Waals surface area contributed by atoms with E-state index in [9.17, 15) is 4.79 Å². The van der Waals surface area contributed by atoms with E-state index in [1.54, 1.807) is 25.7 Å². The summed E-state index contributed by atoms with van der Waals surface area (Å²) in [7, 11) is 1.77. The van der Waals surface area contributed by atoms with Gasteiger partial charge in [0.2, 0.25) is 0 Å². The van der Waals surface area contributed by atoms with Crippen LogP contribution in [0.25, 0.3) is 22.2 Å². The van der Waals surface area contributed by atoms with Gasteiger partial charge >= 0.3 is 0 Å². The summed E-state index contributed by atoms with van der Waals surface area (Å²) in [4.78, 5) is 24.0. The molecule has 1 aliphatic heterocycles. The van der Waals surface area contributed by atoms with Crippen LogP contribution in [-0.4, -0.2) is 52.4 Å². The second-order valence-electron chi connectivity index (χ2n) is 8.30. The van der Waals surface area contributed by atoms with Crippen molar-refractivity contribution in [3.8, 4) is 11.3 Å². The van der Waals surface area contributed by atoms with E-state index in [1.165, 1.54) is 0 Å². The molecule has 4 heterocycles. The van der Waals surface area contributed by atoms with Gasteiger partial charge in [0.25, 0.3) is 5.91 Å². The number of benzene rings is 1. The van der Waals surface area contributed by atoms with E-state index in [0.717, 1.165) is 59.3 Å². The van der Waals surface area contributed by atoms with Crippen molar-refractivity contribution in [1.82, 2.24) is 20.2 Å². The molecule has 1 saturated heterocycles. The number of aryl methyl sites for hydroxylation is 1. The highest BCUT2D eigenvalue weighted by atomic mass is 16.5. The summed E-state index contributed by atoms with van der Waals surface area (Å²) in [6.07, 6.45) is 7.64. The molecule has 0 spiro atoms. The monoisotopic (exact) mass is 442 g/mol. The number of aromatic amines is 1. The third-order valence-corrected chi connectivity index (χ3v) is 6.26. The van der Waals surface area contributed by atoms with Crippen LogP contribution in [0.5, 0.6) is 0 Å². The highest BCUT2D eigenvalue weighted by Crippen LogP contribution is 2.27. The molecule has 1 aliphatic rings. The summed E-state index contributed by atoms with van der Waals surface area (Å²) >= 11 is 0. The molecule has 0 saturated carbocycles. The van der Waals surface area contributed by atoms with E-state index in [1.807, 2.05) is 43.3 Å². The van der Waals surface area contributed by atoms with E-state index in [2.05, 4.69) is 30.4 Å². The smallest absolute Gasteiger partial charge is 0.256 e. The van der Waals surface area contributed by atoms with Gasteiger partial charge in [0.1, 0.15) is 0 Å². The minimum atomic E-state index is -0.205. The van der Waals surface area contributed by atoms with Gasteiger partial charge < -0.3 is 15.0 Å². The number of anilines is 2. The number of pyridine rings is 2. The molecule has 5 rings (SSSR count). The topological polar surface area (TPSA) is 96.0 Å². The fourth-order valence-corrected chi connectivity index (χ4v) is 4.24. The number of hydrogen-bond acceptors (Lipinski definition) is 6. The highest BCUT2D eigenvalue weighted by molar-refractivity contribution is 6.08. The Balaban J connectivity index is 1.33. The molecule has 1 fully saturated rings. The lowest BCUT2D eigenvalue weighted by atomic mass is 10.1. The lowest BCUT2D eigenvalue weighted by Gasteiger charge is -2.33. The molecule has 168 valence electrons. The Morgan fingerprint density at radius 2 is 1.94 bits per heavy atom. The molecule has 8 heteroatoms. The first kappa shape index (κ1) is 21.1. The number of carbonyl (C=O) groups is 1. The number of fused-ring (bicyclic) bond motifs is 1. The molecule has 0 radical (unpaired) electrons. The summed E-state index contributed by atoms with van der Waals surface area (Å²) in [6, 6.07) is 11.6. The second kappa shape index (κ2) is 8.99. The molecule has 1 amide bonds. The lowest BCUT2D eigenvalue weighted by Crippen LogP contribution is -2.36. The van der Waals surface area contributed by atoms with E-state index >= 15 is 0 Å². The molecule has 0 aliphatic carbocycles. The first-order chi connectivity index (χ1) is 16.1. The largest absolute Gasteiger partial charge is 0.381 e. The molecule has 2 N–H and O–H groups in total. The number of rotatable bonds is 5. The number of hydrogen-bond donors (Lipinski definition) is 2. The predicted molar refractivity (Wildman–Crippen MR) is 128 cm³/mol. The van der Waals surface area contributed by atoms with Gasteiger partial charge in [-0.05, 0) is 61.7 Å². The van der Waals surface area contributed by atoms with Gasteiger partial charge in [0.05, 0.1) is 23.5 Å². The number of piperidine rings is 1. The number of carbonyl (C=O) groups excluding carboxylic acids is 1. The summed E-state index contributed by atoms with van der Waals surface area (Å²) < 4.78 is 5.45. The summed E-state index contributed by atoms with van der Waals surface area (Å²) in [5.41, 5.74) is 5.27. The molecule has 1 aromatic carbocycles. The first-order valence-electron chi connectivity index (χ1n) is 11.1. The van der Waals surface area contributed by atoms with Crippen LogP contribution in [0.15, 0.2) is 55.0 Å². The maximum atomic E-state index is 12.9. The molecule has 0 bridgehead atoms. The molecule has 3 aromatic heterocycles. The Bertz CT molecular complexity index is 1280. The predicted octanol–water partition coefficient (Wildman–Crippen LogP) is 4.20. The van der Waals surface area contributed by atoms with Crippen molar-refractivity contribution in [2.24, 2.45) is 0 Å². The van der Waals surface area contributed by atoms with E-state index in [-0.39, 0.29) is 5.91 Å². The molecule has 0 unspecified atom stereocenters. The molecular formula is C25H26N6O2. The average Bonchev–Trinajstić information content (AvgIpc) is 3.26. The Hall–Kier alpha value is -3.78. The van der Waals surface area contributed by atoms with Gasteiger partial charge in [0.15, 0.2) is 5.82 Å². The van der Waals surface area contributed by atoms with Crippen molar-refractivity contribution in [3.05, 3.63) is 66.1 Å². The van der Waals surface area contributed by atoms with Gasteiger partial charge in [-0.1, -0.05) is 0 Å². The van der Waals surface area contributed by atoms with Crippen LogP contribution in [0.4, 0.5) is 11.5 Å². The van der Waals surface area contributed by atoms with Gasteiger partial charge in [-0.2, -0.15) is 5.10 Å². The quantitative estimate of drug-likeness (QED) is 0.481.